The van der Waals surface area contributed by atoms with E-state index in [0.717, 1.165) is 32.2 Å². The average molecular weight is 395 g/mol. The predicted octanol–water partition coefficient (Wildman–Crippen LogP) is 3.52. The van der Waals surface area contributed by atoms with Crippen molar-refractivity contribution in [2.24, 2.45) is 5.92 Å². The summed E-state index contributed by atoms with van der Waals surface area (Å²) in [5, 5.41) is 0. The highest BCUT2D eigenvalue weighted by molar-refractivity contribution is 5.60. The van der Waals surface area contributed by atoms with Gasteiger partial charge < -0.3 is 14.2 Å². The number of nitrogens with zero attached hydrogens (tertiary/aromatic N) is 4. The molecule has 0 atom stereocenters. The first-order valence-corrected chi connectivity index (χ1v) is 11.3. The van der Waals surface area contributed by atoms with Gasteiger partial charge in [-0.2, -0.15) is 0 Å². The molecule has 5 rings (SSSR count). The van der Waals surface area contributed by atoms with Crippen molar-refractivity contribution in [3.8, 4) is 11.3 Å². The van der Waals surface area contributed by atoms with Crippen molar-refractivity contribution in [1.29, 1.82) is 0 Å². The van der Waals surface area contributed by atoms with Crippen LogP contribution in [-0.2, 0) is 16.8 Å². The molecule has 3 aliphatic heterocycles. The topological polar surface area (TPSA) is 33.5 Å². The maximum Gasteiger partial charge on any atom is 0.129 e. The molecule has 0 saturated carbocycles. The highest BCUT2D eigenvalue weighted by Gasteiger charge is 2.45. The number of hydrogen-bond acceptors (Lipinski definition) is 4. The molecule has 0 N–H and O–H groups in total. The minimum atomic E-state index is 0.0906. The Bertz CT molecular complexity index is 829. The van der Waals surface area contributed by atoms with Crippen molar-refractivity contribution in [2.45, 2.75) is 44.7 Å². The SMILES string of the molecule is Cc1ccc(-c2cnc3n2CCN(C)C32CCN(CC3CCOCC3)CC2)cc1. The van der Waals surface area contributed by atoms with Crippen molar-refractivity contribution in [3.63, 3.8) is 0 Å². The lowest BCUT2D eigenvalue weighted by molar-refractivity contribution is -0.00391. The third-order valence-corrected chi connectivity index (χ3v) is 7.55. The summed E-state index contributed by atoms with van der Waals surface area (Å²) < 4.78 is 8.04. The number of piperidine rings is 1. The number of aryl methyl sites for hydroxylation is 1. The van der Waals surface area contributed by atoms with Gasteiger partial charge in [0.2, 0.25) is 0 Å². The second kappa shape index (κ2) is 7.86. The summed E-state index contributed by atoms with van der Waals surface area (Å²) in [6, 6.07) is 8.88. The molecule has 2 saturated heterocycles. The highest BCUT2D eigenvalue weighted by atomic mass is 16.5. The zero-order chi connectivity index (χ0) is 19.8. The van der Waals surface area contributed by atoms with Crippen LogP contribution in [0, 0.1) is 12.8 Å². The molecule has 1 aromatic carbocycles. The van der Waals surface area contributed by atoms with E-state index >= 15 is 0 Å². The summed E-state index contributed by atoms with van der Waals surface area (Å²) >= 11 is 0. The molecular weight excluding hydrogens is 360 g/mol. The molecule has 0 amide bonds. The Kier molecular flexibility index (Phi) is 5.23. The molecule has 156 valence electrons. The maximum absolute atomic E-state index is 5.54. The van der Waals surface area contributed by atoms with Gasteiger partial charge in [-0.25, -0.2) is 4.98 Å². The molecule has 1 aromatic heterocycles. The van der Waals surface area contributed by atoms with Crippen LogP contribution in [0.25, 0.3) is 11.3 Å². The van der Waals surface area contributed by atoms with E-state index in [4.69, 9.17) is 9.72 Å². The van der Waals surface area contributed by atoms with Crippen LogP contribution in [0.4, 0.5) is 0 Å². The molecule has 29 heavy (non-hydrogen) atoms. The highest BCUT2D eigenvalue weighted by Crippen LogP contribution is 2.41. The monoisotopic (exact) mass is 394 g/mol. The summed E-state index contributed by atoms with van der Waals surface area (Å²) in [6.07, 6.45) is 6.92. The van der Waals surface area contributed by atoms with E-state index < -0.39 is 0 Å². The van der Waals surface area contributed by atoms with Gasteiger partial charge in [0.25, 0.3) is 0 Å². The van der Waals surface area contributed by atoms with E-state index in [0.29, 0.717) is 0 Å². The fourth-order valence-corrected chi connectivity index (χ4v) is 5.57. The quantitative estimate of drug-likeness (QED) is 0.798. The zero-order valence-electron chi connectivity index (χ0n) is 17.9. The van der Waals surface area contributed by atoms with Gasteiger partial charge in [0, 0.05) is 45.9 Å². The Morgan fingerprint density at radius 2 is 1.76 bits per heavy atom. The van der Waals surface area contributed by atoms with E-state index in [9.17, 15) is 0 Å². The third kappa shape index (κ3) is 3.54. The number of imidazole rings is 1. The van der Waals surface area contributed by atoms with E-state index in [1.165, 1.54) is 68.0 Å². The number of rotatable bonds is 3. The molecule has 0 aliphatic carbocycles. The Labute approximate surface area is 174 Å². The zero-order valence-corrected chi connectivity index (χ0v) is 17.9. The molecule has 5 heteroatoms. The van der Waals surface area contributed by atoms with Crippen molar-refractivity contribution in [2.75, 3.05) is 46.4 Å². The number of ether oxygens (including phenoxy) is 1. The summed E-state index contributed by atoms with van der Waals surface area (Å²) in [5.74, 6) is 2.10. The third-order valence-electron chi connectivity index (χ3n) is 7.55. The molecule has 0 unspecified atom stereocenters. The smallest absolute Gasteiger partial charge is 0.129 e. The van der Waals surface area contributed by atoms with Crippen molar-refractivity contribution in [3.05, 3.63) is 41.9 Å². The second-order valence-electron chi connectivity index (χ2n) is 9.29. The maximum atomic E-state index is 5.54. The number of benzene rings is 1. The molecule has 1 spiro atoms. The second-order valence-corrected chi connectivity index (χ2v) is 9.29. The Morgan fingerprint density at radius 1 is 1.03 bits per heavy atom. The number of hydrogen-bond donors (Lipinski definition) is 0. The van der Waals surface area contributed by atoms with E-state index in [-0.39, 0.29) is 5.54 Å². The Morgan fingerprint density at radius 3 is 2.48 bits per heavy atom. The summed E-state index contributed by atoms with van der Waals surface area (Å²) in [7, 11) is 2.30. The fourth-order valence-electron chi connectivity index (χ4n) is 5.57. The molecule has 2 fully saturated rings. The lowest BCUT2D eigenvalue weighted by atomic mass is 9.83. The standard InChI is InChI=1S/C24H34N4O/c1-19-3-5-21(6-4-19)22-17-25-23-24(26(2)13-14-28(22)23)9-11-27(12-10-24)18-20-7-15-29-16-8-20/h3-6,17,20H,7-16,18H2,1-2H3. The predicted molar refractivity (Wildman–Crippen MR) is 116 cm³/mol. The molecule has 5 nitrogen and oxygen atoms in total. The van der Waals surface area contributed by atoms with E-state index in [1.807, 2.05) is 0 Å². The van der Waals surface area contributed by atoms with Crippen LogP contribution >= 0.6 is 0 Å². The van der Waals surface area contributed by atoms with Crippen LogP contribution in [0.5, 0.6) is 0 Å². The minimum absolute atomic E-state index is 0.0906. The van der Waals surface area contributed by atoms with Crippen LogP contribution in [0.2, 0.25) is 0 Å². The summed E-state index contributed by atoms with van der Waals surface area (Å²) in [6.45, 7) is 9.77. The number of fused-ring (bicyclic) bond motifs is 2. The molecule has 3 aliphatic rings. The molecule has 4 heterocycles. The average Bonchev–Trinajstić information content (AvgIpc) is 3.19. The first-order chi connectivity index (χ1) is 14.2. The molecule has 0 bridgehead atoms. The van der Waals surface area contributed by atoms with Gasteiger partial charge in [-0.3, -0.25) is 4.90 Å². The lowest BCUT2D eigenvalue weighted by Gasteiger charge is -2.50. The minimum Gasteiger partial charge on any atom is -0.381 e. The van der Waals surface area contributed by atoms with Crippen LogP contribution in [-0.4, -0.2) is 65.8 Å². The van der Waals surface area contributed by atoms with Gasteiger partial charge in [0.05, 0.1) is 17.4 Å². The van der Waals surface area contributed by atoms with Crippen LogP contribution in [0.15, 0.2) is 30.5 Å². The van der Waals surface area contributed by atoms with Crippen LogP contribution < -0.4 is 0 Å². The number of likely N-dealkylation sites (N-methyl/N-ethyl adjacent to an activating group) is 1. The van der Waals surface area contributed by atoms with Gasteiger partial charge >= 0.3 is 0 Å². The van der Waals surface area contributed by atoms with Crippen LogP contribution in [0.3, 0.4) is 0 Å². The van der Waals surface area contributed by atoms with Crippen molar-refractivity contribution < 1.29 is 4.74 Å². The lowest BCUT2D eigenvalue weighted by Crippen LogP contribution is -2.56. The first kappa shape index (κ1) is 19.3. The van der Waals surface area contributed by atoms with Crippen molar-refractivity contribution >= 4 is 0 Å². The molecule has 2 aromatic rings. The summed E-state index contributed by atoms with van der Waals surface area (Å²) in [5.41, 5.74) is 3.95. The van der Waals surface area contributed by atoms with Gasteiger partial charge in [0.15, 0.2) is 0 Å². The normalized spacial score (nSPS) is 23.4. The molecular formula is C24H34N4O. The largest absolute Gasteiger partial charge is 0.381 e. The van der Waals surface area contributed by atoms with E-state index in [1.54, 1.807) is 0 Å². The first-order valence-electron chi connectivity index (χ1n) is 11.3. The Hall–Kier alpha value is -1.69. The Balaban J connectivity index is 1.36. The number of likely N-dealkylation sites (tertiary alicyclic amines) is 1. The molecule has 0 radical (unpaired) electrons. The summed E-state index contributed by atoms with van der Waals surface area (Å²) in [4.78, 5) is 10.3. The van der Waals surface area contributed by atoms with Crippen LogP contribution in [0.1, 0.15) is 37.1 Å². The van der Waals surface area contributed by atoms with Gasteiger partial charge in [-0.1, -0.05) is 29.8 Å². The van der Waals surface area contributed by atoms with Gasteiger partial charge in [-0.05, 0) is 51.1 Å². The fraction of sp³-hybridized carbons (Fsp3) is 0.625. The van der Waals surface area contributed by atoms with E-state index in [2.05, 4.69) is 58.8 Å². The number of aromatic nitrogens is 2. The van der Waals surface area contributed by atoms with Gasteiger partial charge in [0.1, 0.15) is 5.82 Å². The van der Waals surface area contributed by atoms with Crippen molar-refractivity contribution in [1.82, 2.24) is 19.4 Å². The van der Waals surface area contributed by atoms with Gasteiger partial charge in [-0.15, -0.1) is 0 Å².